The van der Waals surface area contributed by atoms with Crippen LogP contribution in [-0.4, -0.2) is 17.7 Å². The van der Waals surface area contributed by atoms with Crippen LogP contribution in [0.2, 0.25) is 0 Å². The Morgan fingerprint density at radius 3 is 2.31 bits per heavy atom. The molecule has 3 unspecified atom stereocenters. The molecule has 0 aromatic heterocycles. The van der Waals surface area contributed by atoms with Gasteiger partial charge in [0, 0.05) is 18.0 Å². The van der Waals surface area contributed by atoms with Crippen molar-refractivity contribution < 1.29 is 27.6 Å². The summed E-state index contributed by atoms with van der Waals surface area (Å²) in [5, 5.41) is 5.26. The molecule has 0 spiro atoms. The highest BCUT2D eigenvalue weighted by Crippen LogP contribution is 2.48. The first kappa shape index (κ1) is 22.0. The maximum Gasteiger partial charge on any atom is 0.416 e. The maximum atomic E-state index is 12.7. The average molecular weight is 444 g/mol. The minimum Gasteiger partial charge on any atom is -0.326 e. The van der Waals surface area contributed by atoms with Crippen LogP contribution in [-0.2, 0) is 26.0 Å². The number of benzene rings is 2. The Hall–Kier alpha value is -3.16. The summed E-state index contributed by atoms with van der Waals surface area (Å²) in [5.74, 6) is -1.14. The van der Waals surface area contributed by atoms with Crippen molar-refractivity contribution in [1.29, 1.82) is 0 Å². The van der Waals surface area contributed by atoms with E-state index in [1.165, 1.54) is 12.1 Å². The number of hydrogen-bond acceptors (Lipinski definition) is 3. The van der Waals surface area contributed by atoms with Gasteiger partial charge in [-0.25, -0.2) is 0 Å². The Labute approximate surface area is 183 Å². The molecular formula is C24H23F3N2O3. The first-order valence-corrected chi connectivity index (χ1v) is 10.6. The highest BCUT2D eigenvalue weighted by Gasteiger charge is 2.45. The molecule has 2 aliphatic rings. The zero-order valence-electron chi connectivity index (χ0n) is 17.5. The van der Waals surface area contributed by atoms with Crippen molar-refractivity contribution in [1.82, 2.24) is 5.32 Å². The Kier molecular flexibility index (Phi) is 5.56. The highest BCUT2D eigenvalue weighted by atomic mass is 19.4. The van der Waals surface area contributed by atoms with Gasteiger partial charge in [-0.3, -0.25) is 19.7 Å². The number of alkyl halides is 3. The molecule has 1 aliphatic carbocycles. The van der Waals surface area contributed by atoms with Gasteiger partial charge < -0.3 is 5.32 Å². The molecule has 1 saturated carbocycles. The number of hydrogen-bond donors (Lipinski definition) is 2. The lowest BCUT2D eigenvalue weighted by Gasteiger charge is -2.35. The van der Waals surface area contributed by atoms with Gasteiger partial charge in [0.05, 0.1) is 11.0 Å². The number of anilines is 1. The van der Waals surface area contributed by atoms with Crippen LogP contribution in [0, 0.1) is 5.92 Å². The molecule has 1 saturated heterocycles. The van der Waals surface area contributed by atoms with Gasteiger partial charge in [0.1, 0.15) is 0 Å². The smallest absolute Gasteiger partial charge is 0.326 e. The fourth-order valence-corrected chi connectivity index (χ4v) is 4.45. The van der Waals surface area contributed by atoms with E-state index >= 15 is 0 Å². The summed E-state index contributed by atoms with van der Waals surface area (Å²) in [6, 6.07) is 12.0. The third-order valence-electron chi connectivity index (χ3n) is 6.57. The Bertz CT molecular complexity index is 1050. The van der Waals surface area contributed by atoms with Crippen molar-refractivity contribution in [3.8, 4) is 0 Å². The minimum absolute atomic E-state index is 0.0941. The molecule has 4 rings (SSSR count). The largest absolute Gasteiger partial charge is 0.416 e. The van der Waals surface area contributed by atoms with Gasteiger partial charge in [-0.05, 0) is 60.6 Å². The molecule has 2 fully saturated rings. The quantitative estimate of drug-likeness (QED) is 0.666. The summed E-state index contributed by atoms with van der Waals surface area (Å²) in [4.78, 5) is 36.6. The second kappa shape index (κ2) is 8.07. The van der Waals surface area contributed by atoms with Crippen LogP contribution in [0.25, 0.3) is 0 Å². The van der Waals surface area contributed by atoms with E-state index in [1.807, 2.05) is 6.92 Å². The van der Waals surface area contributed by atoms with Crippen LogP contribution >= 0.6 is 0 Å². The van der Waals surface area contributed by atoms with E-state index in [9.17, 15) is 27.6 Å². The molecule has 0 radical (unpaired) electrons. The Balaban J connectivity index is 1.40. The lowest BCUT2D eigenvalue weighted by atomic mass is 9.72. The van der Waals surface area contributed by atoms with Crippen LogP contribution in [0.3, 0.4) is 0 Å². The standard InChI is InChI=1S/C24H23F3N2O3/c1-2-23(12-11-20(30)29-22(23)32)15-7-9-17(10-8-15)28-21(31)19-13-18(19)14-3-5-16(6-4-14)24(25,26)27/h3-10,18-19H,2,11-13H2,1H3,(H,28,31)(H,29,30,32). The zero-order valence-corrected chi connectivity index (χ0v) is 17.5. The van der Waals surface area contributed by atoms with Gasteiger partial charge in [0.2, 0.25) is 17.7 Å². The summed E-state index contributed by atoms with van der Waals surface area (Å²) in [5.41, 5.74) is 0.619. The number of halogens is 3. The maximum absolute atomic E-state index is 12.7. The van der Waals surface area contributed by atoms with Crippen molar-refractivity contribution in [2.75, 3.05) is 5.32 Å². The third kappa shape index (κ3) is 4.13. The first-order chi connectivity index (χ1) is 15.1. The van der Waals surface area contributed by atoms with Gasteiger partial charge in [0.25, 0.3) is 0 Å². The molecular weight excluding hydrogens is 421 g/mol. The first-order valence-electron chi connectivity index (χ1n) is 10.6. The van der Waals surface area contributed by atoms with E-state index in [1.54, 1.807) is 24.3 Å². The number of imide groups is 1. The number of amides is 3. The number of piperidine rings is 1. The number of nitrogens with one attached hydrogen (secondary N) is 2. The van der Waals surface area contributed by atoms with Gasteiger partial charge in [-0.1, -0.05) is 31.2 Å². The third-order valence-corrected chi connectivity index (χ3v) is 6.57. The van der Waals surface area contributed by atoms with Gasteiger partial charge in [0.15, 0.2) is 0 Å². The van der Waals surface area contributed by atoms with Crippen molar-refractivity contribution in [2.24, 2.45) is 5.92 Å². The topological polar surface area (TPSA) is 75.3 Å². The van der Waals surface area contributed by atoms with E-state index in [0.29, 0.717) is 24.9 Å². The normalized spacial score (nSPS) is 25.2. The molecule has 2 aromatic rings. The Morgan fingerprint density at radius 1 is 1.09 bits per heavy atom. The lowest BCUT2D eigenvalue weighted by Crippen LogP contribution is -2.51. The lowest BCUT2D eigenvalue weighted by molar-refractivity contribution is -0.139. The van der Waals surface area contributed by atoms with Crippen molar-refractivity contribution in [3.63, 3.8) is 0 Å². The molecule has 168 valence electrons. The summed E-state index contributed by atoms with van der Waals surface area (Å²) >= 11 is 0. The number of carbonyl (C=O) groups is 3. The fraction of sp³-hybridized carbons (Fsp3) is 0.375. The monoisotopic (exact) mass is 444 g/mol. The van der Waals surface area contributed by atoms with Crippen molar-refractivity contribution in [2.45, 2.75) is 50.1 Å². The van der Waals surface area contributed by atoms with Crippen LogP contribution in [0.5, 0.6) is 0 Å². The minimum atomic E-state index is -4.38. The van der Waals surface area contributed by atoms with Crippen molar-refractivity contribution in [3.05, 3.63) is 65.2 Å². The second-order valence-corrected chi connectivity index (χ2v) is 8.45. The molecule has 1 aliphatic heterocycles. The number of rotatable bonds is 5. The van der Waals surface area contributed by atoms with E-state index in [4.69, 9.17) is 0 Å². The fourth-order valence-electron chi connectivity index (χ4n) is 4.45. The van der Waals surface area contributed by atoms with Crippen LogP contribution < -0.4 is 10.6 Å². The van der Waals surface area contributed by atoms with E-state index in [0.717, 1.165) is 23.3 Å². The average Bonchev–Trinajstić information content (AvgIpc) is 3.56. The van der Waals surface area contributed by atoms with Crippen molar-refractivity contribution >= 4 is 23.4 Å². The zero-order chi connectivity index (χ0) is 23.1. The summed E-state index contributed by atoms with van der Waals surface area (Å²) in [7, 11) is 0. The summed E-state index contributed by atoms with van der Waals surface area (Å²) < 4.78 is 38.1. The van der Waals surface area contributed by atoms with Crippen LogP contribution in [0.15, 0.2) is 48.5 Å². The van der Waals surface area contributed by atoms with Gasteiger partial charge in [-0.15, -0.1) is 0 Å². The SMILES string of the molecule is CCC1(c2ccc(NC(=O)C3CC3c3ccc(C(F)(F)F)cc3)cc2)CCC(=O)NC1=O. The summed E-state index contributed by atoms with van der Waals surface area (Å²) in [6.45, 7) is 1.90. The second-order valence-electron chi connectivity index (χ2n) is 8.45. The number of carbonyl (C=O) groups excluding carboxylic acids is 3. The summed E-state index contributed by atoms with van der Waals surface area (Å²) in [6.07, 6.45) is -2.52. The van der Waals surface area contributed by atoms with Gasteiger partial charge >= 0.3 is 6.18 Å². The molecule has 0 bridgehead atoms. The molecule has 3 amide bonds. The highest BCUT2D eigenvalue weighted by molar-refractivity contribution is 6.03. The van der Waals surface area contributed by atoms with Gasteiger partial charge in [-0.2, -0.15) is 13.2 Å². The van der Waals surface area contributed by atoms with E-state index in [2.05, 4.69) is 10.6 Å². The predicted octanol–water partition coefficient (Wildman–Crippen LogP) is 4.53. The van der Waals surface area contributed by atoms with Crippen LogP contribution in [0.1, 0.15) is 55.2 Å². The molecule has 2 aromatic carbocycles. The molecule has 3 atom stereocenters. The van der Waals surface area contributed by atoms with E-state index in [-0.39, 0.29) is 36.0 Å². The predicted molar refractivity (Wildman–Crippen MR) is 112 cm³/mol. The Morgan fingerprint density at radius 2 is 1.75 bits per heavy atom. The van der Waals surface area contributed by atoms with Crippen LogP contribution in [0.4, 0.5) is 18.9 Å². The molecule has 1 heterocycles. The molecule has 5 nitrogen and oxygen atoms in total. The molecule has 32 heavy (non-hydrogen) atoms. The molecule has 2 N–H and O–H groups in total. The molecule has 8 heteroatoms. The van der Waals surface area contributed by atoms with E-state index < -0.39 is 17.2 Å².